The van der Waals surface area contributed by atoms with Crippen molar-refractivity contribution in [3.8, 4) is 0 Å². The summed E-state index contributed by atoms with van der Waals surface area (Å²) in [5.41, 5.74) is 0. The zero-order valence-corrected chi connectivity index (χ0v) is 16.3. The molecule has 0 radical (unpaired) electrons. The third kappa shape index (κ3) is 9.07. The Kier molecular flexibility index (Phi) is 11.2. The molecule has 1 aliphatic rings. The number of hydrogen-bond donors (Lipinski definition) is 2. The maximum Gasteiger partial charge on any atom is 0.222 e. The molecular formula is C18H36N4O3. The van der Waals surface area contributed by atoms with Crippen molar-refractivity contribution in [1.82, 2.24) is 15.5 Å². The maximum absolute atomic E-state index is 11.6. The first-order valence-electron chi connectivity index (χ1n) is 9.50. The molecule has 0 aromatic carbocycles. The number of amides is 1. The summed E-state index contributed by atoms with van der Waals surface area (Å²) in [7, 11) is 1.72. The number of carbonyl (C=O) groups is 1. The van der Waals surface area contributed by atoms with Crippen LogP contribution >= 0.6 is 0 Å². The van der Waals surface area contributed by atoms with E-state index in [1.54, 1.807) is 7.11 Å². The van der Waals surface area contributed by atoms with Crippen LogP contribution in [0.15, 0.2) is 4.99 Å². The van der Waals surface area contributed by atoms with Crippen molar-refractivity contribution in [3.05, 3.63) is 0 Å². The summed E-state index contributed by atoms with van der Waals surface area (Å²) < 4.78 is 10.9. The normalized spacial score (nSPS) is 16.4. The topological polar surface area (TPSA) is 75.2 Å². The van der Waals surface area contributed by atoms with Gasteiger partial charge >= 0.3 is 0 Å². The van der Waals surface area contributed by atoms with Crippen molar-refractivity contribution in [3.63, 3.8) is 0 Å². The molecule has 1 saturated heterocycles. The number of guanidine groups is 1. The third-order valence-corrected chi connectivity index (χ3v) is 4.12. The standard InChI is InChI=1S/C18H36N4O3/c1-5-19-18(21-10-9-20-17(23)15(2)3)22-11-7-16(8-12-22)25-14-6-13-24-4/h15-16H,5-14H2,1-4H3,(H,19,21)(H,20,23). The molecule has 0 atom stereocenters. The molecule has 0 spiro atoms. The summed E-state index contributed by atoms with van der Waals surface area (Å²) in [5, 5.41) is 6.24. The van der Waals surface area contributed by atoms with Gasteiger partial charge in [0, 0.05) is 52.4 Å². The Hall–Kier alpha value is -1.34. The van der Waals surface area contributed by atoms with E-state index in [0.717, 1.165) is 58.1 Å². The van der Waals surface area contributed by atoms with Gasteiger partial charge in [0.1, 0.15) is 0 Å². The number of methoxy groups -OCH3 is 1. The van der Waals surface area contributed by atoms with Gasteiger partial charge in [0.2, 0.25) is 5.91 Å². The van der Waals surface area contributed by atoms with Crippen molar-refractivity contribution < 1.29 is 14.3 Å². The fourth-order valence-corrected chi connectivity index (χ4v) is 2.66. The number of carbonyl (C=O) groups excluding carboxylic acids is 1. The van der Waals surface area contributed by atoms with Gasteiger partial charge in [-0.3, -0.25) is 9.79 Å². The maximum atomic E-state index is 11.6. The van der Waals surface area contributed by atoms with Gasteiger partial charge in [0.25, 0.3) is 0 Å². The second kappa shape index (κ2) is 12.9. The molecule has 0 aromatic heterocycles. The van der Waals surface area contributed by atoms with Crippen LogP contribution in [0.1, 0.15) is 40.0 Å². The molecule has 1 fully saturated rings. The van der Waals surface area contributed by atoms with E-state index in [2.05, 4.69) is 27.4 Å². The minimum atomic E-state index is 0.0140. The van der Waals surface area contributed by atoms with Crippen LogP contribution in [-0.4, -0.2) is 75.9 Å². The van der Waals surface area contributed by atoms with E-state index >= 15 is 0 Å². The highest BCUT2D eigenvalue weighted by atomic mass is 16.5. The zero-order valence-electron chi connectivity index (χ0n) is 16.3. The molecule has 0 aliphatic carbocycles. The Morgan fingerprint density at radius 1 is 1.24 bits per heavy atom. The highest BCUT2D eigenvalue weighted by Gasteiger charge is 2.21. The molecule has 0 aromatic rings. The molecule has 25 heavy (non-hydrogen) atoms. The number of aliphatic imine (C=N–C) groups is 1. The van der Waals surface area contributed by atoms with E-state index in [9.17, 15) is 4.79 Å². The molecule has 7 nitrogen and oxygen atoms in total. The lowest BCUT2D eigenvalue weighted by molar-refractivity contribution is -0.123. The molecule has 1 amide bonds. The Bertz CT molecular complexity index is 394. The predicted octanol–water partition coefficient (Wildman–Crippen LogP) is 1.24. The van der Waals surface area contributed by atoms with E-state index in [0.29, 0.717) is 19.2 Å². The van der Waals surface area contributed by atoms with Crippen molar-refractivity contribution in [2.45, 2.75) is 46.1 Å². The first-order chi connectivity index (χ1) is 12.1. The molecular weight excluding hydrogens is 320 g/mol. The molecule has 2 N–H and O–H groups in total. The minimum Gasteiger partial charge on any atom is -0.385 e. The molecule has 1 rings (SSSR count). The summed E-state index contributed by atoms with van der Waals surface area (Å²) >= 11 is 0. The number of likely N-dealkylation sites (tertiary alicyclic amines) is 1. The fraction of sp³-hybridized carbons (Fsp3) is 0.889. The molecule has 1 heterocycles. The predicted molar refractivity (Wildman–Crippen MR) is 101 cm³/mol. The lowest BCUT2D eigenvalue weighted by atomic mass is 10.1. The van der Waals surface area contributed by atoms with Crippen LogP contribution in [-0.2, 0) is 14.3 Å². The summed E-state index contributed by atoms with van der Waals surface area (Å²) in [6.45, 7) is 11.3. The summed E-state index contributed by atoms with van der Waals surface area (Å²) in [6, 6.07) is 0. The minimum absolute atomic E-state index is 0.0140. The number of nitrogens with zero attached hydrogens (tertiary/aromatic N) is 2. The van der Waals surface area contributed by atoms with Crippen LogP contribution in [0.3, 0.4) is 0 Å². The van der Waals surface area contributed by atoms with Gasteiger partial charge in [-0.1, -0.05) is 13.8 Å². The van der Waals surface area contributed by atoms with E-state index in [4.69, 9.17) is 9.47 Å². The van der Waals surface area contributed by atoms with E-state index in [1.165, 1.54) is 0 Å². The molecule has 146 valence electrons. The average molecular weight is 357 g/mol. The Morgan fingerprint density at radius 3 is 2.56 bits per heavy atom. The van der Waals surface area contributed by atoms with Crippen LogP contribution < -0.4 is 10.6 Å². The second-order valence-corrected chi connectivity index (χ2v) is 6.58. The van der Waals surface area contributed by atoms with Crippen LogP contribution in [0.25, 0.3) is 0 Å². The Morgan fingerprint density at radius 2 is 1.96 bits per heavy atom. The van der Waals surface area contributed by atoms with Gasteiger partial charge in [-0.15, -0.1) is 0 Å². The largest absolute Gasteiger partial charge is 0.385 e. The third-order valence-electron chi connectivity index (χ3n) is 4.12. The summed E-state index contributed by atoms with van der Waals surface area (Å²) in [6.07, 6.45) is 3.31. The summed E-state index contributed by atoms with van der Waals surface area (Å²) in [4.78, 5) is 18.5. The van der Waals surface area contributed by atoms with Gasteiger partial charge in [0.05, 0.1) is 12.6 Å². The molecule has 1 aliphatic heterocycles. The second-order valence-electron chi connectivity index (χ2n) is 6.58. The van der Waals surface area contributed by atoms with Gasteiger partial charge < -0.3 is 25.0 Å². The van der Waals surface area contributed by atoms with E-state index < -0.39 is 0 Å². The van der Waals surface area contributed by atoms with Crippen LogP contribution in [0.2, 0.25) is 0 Å². The van der Waals surface area contributed by atoms with E-state index in [-0.39, 0.29) is 11.8 Å². The Labute approximate surface area is 152 Å². The first kappa shape index (κ1) is 21.7. The number of ether oxygens (including phenoxy) is 2. The number of hydrogen-bond acceptors (Lipinski definition) is 4. The smallest absolute Gasteiger partial charge is 0.222 e. The van der Waals surface area contributed by atoms with Gasteiger partial charge in [0.15, 0.2) is 5.96 Å². The summed E-state index contributed by atoms with van der Waals surface area (Å²) in [5.74, 6) is 1.02. The van der Waals surface area contributed by atoms with Crippen molar-refractivity contribution in [1.29, 1.82) is 0 Å². The van der Waals surface area contributed by atoms with Crippen LogP contribution in [0.4, 0.5) is 0 Å². The molecule has 7 heteroatoms. The van der Waals surface area contributed by atoms with Gasteiger partial charge in [-0.05, 0) is 26.2 Å². The van der Waals surface area contributed by atoms with Gasteiger partial charge in [-0.2, -0.15) is 0 Å². The lowest BCUT2D eigenvalue weighted by Gasteiger charge is -2.34. The van der Waals surface area contributed by atoms with Crippen molar-refractivity contribution in [2.24, 2.45) is 10.9 Å². The number of nitrogens with one attached hydrogen (secondary N) is 2. The number of piperidine rings is 1. The van der Waals surface area contributed by atoms with E-state index in [1.807, 2.05) is 13.8 Å². The molecule has 0 unspecified atom stereocenters. The highest BCUT2D eigenvalue weighted by Crippen LogP contribution is 2.14. The average Bonchev–Trinajstić information content (AvgIpc) is 2.61. The monoisotopic (exact) mass is 356 g/mol. The van der Waals surface area contributed by atoms with Crippen LogP contribution in [0, 0.1) is 5.92 Å². The van der Waals surface area contributed by atoms with Crippen molar-refractivity contribution in [2.75, 3.05) is 53.0 Å². The highest BCUT2D eigenvalue weighted by molar-refractivity contribution is 5.80. The lowest BCUT2D eigenvalue weighted by Crippen LogP contribution is -2.47. The van der Waals surface area contributed by atoms with Crippen LogP contribution in [0.5, 0.6) is 0 Å². The SMILES string of the molecule is CCNC(=NCCNC(=O)C(C)C)N1CCC(OCCCOC)CC1. The fourth-order valence-electron chi connectivity index (χ4n) is 2.66. The molecule has 0 bridgehead atoms. The number of rotatable bonds is 10. The van der Waals surface area contributed by atoms with Gasteiger partial charge in [-0.25, -0.2) is 0 Å². The Balaban J connectivity index is 2.34. The first-order valence-corrected chi connectivity index (χ1v) is 9.50. The van der Waals surface area contributed by atoms with Crippen molar-refractivity contribution >= 4 is 11.9 Å². The molecule has 0 saturated carbocycles. The zero-order chi connectivity index (χ0) is 18.5. The quantitative estimate of drug-likeness (QED) is 0.350.